The van der Waals surface area contributed by atoms with Crippen LogP contribution in [0.15, 0.2) is 60.9 Å². The van der Waals surface area contributed by atoms with Crippen LogP contribution in [0.3, 0.4) is 0 Å². The molecule has 160 valence electrons. The molecule has 31 heavy (non-hydrogen) atoms. The van der Waals surface area contributed by atoms with Gasteiger partial charge in [0.15, 0.2) is 5.82 Å². The van der Waals surface area contributed by atoms with E-state index in [1.807, 2.05) is 24.3 Å². The van der Waals surface area contributed by atoms with Crippen molar-refractivity contribution in [3.05, 3.63) is 71.6 Å². The number of urea groups is 1. The molecule has 9 heteroatoms. The fraction of sp³-hybridized carbons (Fsp3) is 0.273. The molecule has 0 aliphatic carbocycles. The van der Waals surface area contributed by atoms with Crippen molar-refractivity contribution in [3.8, 4) is 5.75 Å². The number of carbonyl (C=O) groups excluding carboxylic acids is 1. The zero-order valence-electron chi connectivity index (χ0n) is 17.0. The molecule has 4 rings (SSSR count). The van der Waals surface area contributed by atoms with Crippen molar-refractivity contribution >= 4 is 29.1 Å². The summed E-state index contributed by atoms with van der Waals surface area (Å²) < 4.78 is 5.23. The lowest BCUT2D eigenvalue weighted by Gasteiger charge is -2.39. The summed E-state index contributed by atoms with van der Waals surface area (Å²) in [5, 5.41) is 14.8. The number of anilines is 2. The number of hydrogen-bond donors (Lipinski definition) is 2. The van der Waals surface area contributed by atoms with Crippen LogP contribution in [0, 0.1) is 0 Å². The standard InChI is InChI=1S/C22H23ClN6O2/c1-31-17-8-9-19(24-13-17)18-14-29(21-3-2-11-25-28-21)12-10-20(18)27-22(30)26-16-6-4-15(23)5-7-16/h2-9,11,13,18,20H,10,12,14H2,1H3,(H2,26,27,30)/t18-,20+/m0/s1. The van der Waals surface area contributed by atoms with Crippen LogP contribution in [0.4, 0.5) is 16.3 Å². The minimum absolute atomic E-state index is 0.0300. The van der Waals surface area contributed by atoms with Crippen LogP contribution >= 0.6 is 11.6 Å². The van der Waals surface area contributed by atoms with Crippen LogP contribution in [0.5, 0.6) is 5.75 Å². The maximum Gasteiger partial charge on any atom is 0.319 e. The van der Waals surface area contributed by atoms with Crippen molar-refractivity contribution in [1.29, 1.82) is 0 Å². The quantitative estimate of drug-likeness (QED) is 0.630. The molecule has 0 saturated carbocycles. The van der Waals surface area contributed by atoms with E-state index in [4.69, 9.17) is 16.3 Å². The summed E-state index contributed by atoms with van der Waals surface area (Å²) in [6.07, 6.45) is 4.09. The Morgan fingerprint density at radius 2 is 2.03 bits per heavy atom. The fourth-order valence-electron chi connectivity index (χ4n) is 3.70. The molecule has 0 unspecified atom stereocenters. The Hall–Kier alpha value is -3.39. The van der Waals surface area contributed by atoms with Crippen molar-refractivity contribution in [2.75, 3.05) is 30.4 Å². The summed E-state index contributed by atoms with van der Waals surface area (Å²) in [5.41, 5.74) is 1.56. The molecule has 2 atom stereocenters. The van der Waals surface area contributed by atoms with Gasteiger partial charge in [-0.2, -0.15) is 5.10 Å². The van der Waals surface area contributed by atoms with Crippen molar-refractivity contribution < 1.29 is 9.53 Å². The van der Waals surface area contributed by atoms with Crippen LogP contribution in [0.2, 0.25) is 5.02 Å². The third-order valence-corrected chi connectivity index (χ3v) is 5.54. The zero-order valence-corrected chi connectivity index (χ0v) is 17.8. The van der Waals surface area contributed by atoms with E-state index in [1.54, 1.807) is 43.8 Å². The lowest BCUT2D eigenvalue weighted by atomic mass is 9.88. The highest BCUT2D eigenvalue weighted by molar-refractivity contribution is 6.30. The van der Waals surface area contributed by atoms with E-state index in [0.29, 0.717) is 23.0 Å². The molecule has 1 aromatic carbocycles. The first-order valence-corrected chi connectivity index (χ1v) is 10.4. The molecule has 1 saturated heterocycles. The second-order valence-corrected chi connectivity index (χ2v) is 7.69. The summed E-state index contributed by atoms with van der Waals surface area (Å²) in [4.78, 5) is 19.4. The molecule has 1 fully saturated rings. The molecule has 2 N–H and O–H groups in total. The minimum atomic E-state index is -0.265. The molecule has 3 heterocycles. The number of pyridine rings is 1. The topological polar surface area (TPSA) is 92.3 Å². The van der Waals surface area contributed by atoms with Gasteiger partial charge in [0.1, 0.15) is 5.75 Å². The van der Waals surface area contributed by atoms with Crippen molar-refractivity contribution in [3.63, 3.8) is 0 Å². The third kappa shape index (κ3) is 5.21. The zero-order chi connectivity index (χ0) is 21.6. The first kappa shape index (κ1) is 20.9. The van der Waals surface area contributed by atoms with Crippen LogP contribution in [-0.4, -0.2) is 47.5 Å². The van der Waals surface area contributed by atoms with Crippen LogP contribution in [0.25, 0.3) is 0 Å². The van der Waals surface area contributed by atoms with E-state index in [-0.39, 0.29) is 18.0 Å². The normalized spacial score (nSPS) is 18.3. The lowest BCUT2D eigenvalue weighted by Crippen LogP contribution is -2.51. The van der Waals surface area contributed by atoms with Crippen molar-refractivity contribution in [1.82, 2.24) is 20.5 Å². The Morgan fingerprint density at radius 3 is 2.71 bits per heavy atom. The number of carbonyl (C=O) groups is 1. The highest BCUT2D eigenvalue weighted by atomic mass is 35.5. The number of amides is 2. The number of nitrogens with zero attached hydrogens (tertiary/aromatic N) is 4. The number of methoxy groups -OCH3 is 1. The average molecular weight is 439 g/mol. The lowest BCUT2D eigenvalue weighted by molar-refractivity contribution is 0.243. The molecule has 3 aromatic rings. The Kier molecular flexibility index (Phi) is 6.47. The van der Waals surface area contributed by atoms with Crippen molar-refractivity contribution in [2.45, 2.75) is 18.4 Å². The Bertz CT molecular complexity index is 1000. The Labute approximate surface area is 185 Å². The highest BCUT2D eigenvalue weighted by Crippen LogP contribution is 2.29. The van der Waals surface area contributed by atoms with Gasteiger partial charge in [0, 0.05) is 47.7 Å². The molecule has 8 nitrogen and oxygen atoms in total. The molecule has 2 amide bonds. The molecular weight excluding hydrogens is 416 g/mol. The molecule has 1 aliphatic rings. The van der Waals surface area contributed by atoms with Gasteiger partial charge in [-0.3, -0.25) is 4.98 Å². The number of piperidine rings is 1. The number of nitrogens with one attached hydrogen (secondary N) is 2. The van der Waals surface area contributed by atoms with Gasteiger partial charge < -0.3 is 20.3 Å². The number of rotatable bonds is 5. The first-order chi connectivity index (χ1) is 15.1. The first-order valence-electron chi connectivity index (χ1n) is 9.98. The van der Waals surface area contributed by atoms with Crippen LogP contribution in [-0.2, 0) is 0 Å². The summed E-state index contributed by atoms with van der Waals surface area (Å²) in [5.74, 6) is 1.47. The van der Waals surface area contributed by atoms with E-state index < -0.39 is 0 Å². The van der Waals surface area contributed by atoms with Gasteiger partial charge in [-0.05, 0) is 55.0 Å². The van der Waals surface area contributed by atoms with Gasteiger partial charge in [0.05, 0.1) is 13.3 Å². The third-order valence-electron chi connectivity index (χ3n) is 5.29. The number of ether oxygens (including phenoxy) is 1. The van der Waals surface area contributed by atoms with Gasteiger partial charge in [-0.25, -0.2) is 4.79 Å². The second-order valence-electron chi connectivity index (χ2n) is 7.26. The maximum atomic E-state index is 12.7. The predicted molar refractivity (Wildman–Crippen MR) is 120 cm³/mol. The Balaban J connectivity index is 1.51. The van der Waals surface area contributed by atoms with Gasteiger partial charge >= 0.3 is 6.03 Å². The van der Waals surface area contributed by atoms with E-state index in [2.05, 4.69) is 30.7 Å². The summed E-state index contributed by atoms with van der Waals surface area (Å²) in [6.45, 7) is 1.40. The van der Waals surface area contributed by atoms with Gasteiger partial charge in [-0.1, -0.05) is 11.6 Å². The van der Waals surface area contributed by atoms with E-state index >= 15 is 0 Å². The second kappa shape index (κ2) is 9.61. The maximum absolute atomic E-state index is 12.7. The molecule has 1 aliphatic heterocycles. The summed E-state index contributed by atoms with van der Waals surface area (Å²) in [7, 11) is 1.61. The highest BCUT2D eigenvalue weighted by Gasteiger charge is 2.33. The van der Waals surface area contributed by atoms with Crippen LogP contribution in [0.1, 0.15) is 18.0 Å². The fourth-order valence-corrected chi connectivity index (χ4v) is 3.82. The Morgan fingerprint density at radius 1 is 1.19 bits per heavy atom. The predicted octanol–water partition coefficient (Wildman–Crippen LogP) is 3.72. The molecule has 0 bridgehead atoms. The molecule has 0 radical (unpaired) electrons. The molecule has 2 aromatic heterocycles. The van der Waals surface area contributed by atoms with Gasteiger partial charge in [0.2, 0.25) is 0 Å². The number of halogens is 1. The monoisotopic (exact) mass is 438 g/mol. The SMILES string of the molecule is COc1ccc([C@@H]2CN(c3cccnn3)CC[C@H]2NC(=O)Nc2ccc(Cl)cc2)nc1. The summed E-state index contributed by atoms with van der Waals surface area (Å²) in [6, 6.07) is 14.3. The number of benzene rings is 1. The largest absolute Gasteiger partial charge is 0.495 e. The van der Waals surface area contributed by atoms with Crippen molar-refractivity contribution in [2.24, 2.45) is 0 Å². The smallest absolute Gasteiger partial charge is 0.319 e. The van der Waals surface area contributed by atoms with Gasteiger partial charge in [-0.15, -0.1) is 5.10 Å². The number of hydrogen-bond acceptors (Lipinski definition) is 6. The number of aromatic nitrogens is 3. The summed E-state index contributed by atoms with van der Waals surface area (Å²) >= 11 is 5.92. The molecule has 0 spiro atoms. The average Bonchev–Trinajstić information content (AvgIpc) is 2.81. The van der Waals surface area contributed by atoms with E-state index in [9.17, 15) is 4.79 Å². The van der Waals surface area contributed by atoms with Gasteiger partial charge in [0.25, 0.3) is 0 Å². The van der Waals surface area contributed by atoms with Crippen LogP contribution < -0.4 is 20.3 Å². The molecular formula is C22H23ClN6O2. The minimum Gasteiger partial charge on any atom is -0.495 e. The van der Waals surface area contributed by atoms with E-state index in [1.165, 1.54) is 0 Å². The van der Waals surface area contributed by atoms with E-state index in [0.717, 1.165) is 24.5 Å².